The van der Waals surface area contributed by atoms with Crippen molar-refractivity contribution < 1.29 is 57.7 Å². The molecule has 0 bridgehead atoms. The van der Waals surface area contributed by atoms with Crippen LogP contribution in [0.25, 0.3) is 0 Å². The van der Waals surface area contributed by atoms with Crippen LogP contribution in [0, 0.1) is 5.41 Å². The Hall–Kier alpha value is -1.28. The largest absolute Gasteiger partial charge is 1.00 e. The van der Waals surface area contributed by atoms with Gasteiger partial charge in [0.1, 0.15) is 0 Å². The first kappa shape index (κ1) is 29.8. The van der Waals surface area contributed by atoms with Gasteiger partial charge in [0.2, 0.25) is 0 Å². The molecule has 0 radical (unpaired) electrons. The molecule has 0 fully saturated rings. The average Bonchev–Trinajstić information content (AvgIpc) is 3.11. The van der Waals surface area contributed by atoms with E-state index in [2.05, 4.69) is 150 Å². The zero-order chi connectivity index (χ0) is 21.2. The van der Waals surface area contributed by atoms with Gasteiger partial charge in [-0.3, -0.25) is 0 Å². The summed E-state index contributed by atoms with van der Waals surface area (Å²) in [7, 11) is 0. The van der Waals surface area contributed by atoms with Crippen molar-refractivity contribution in [3.8, 4) is 0 Å². The van der Waals surface area contributed by atoms with Crippen LogP contribution in [0.3, 0.4) is 0 Å². The van der Waals surface area contributed by atoms with Crippen LogP contribution in [0.2, 0.25) is 3.72 Å². The molecule has 0 spiro atoms. The Kier molecular flexibility index (Phi) is 10.7. The Balaban J connectivity index is 0.00000181. The molecule has 0 saturated carbocycles. The van der Waals surface area contributed by atoms with Crippen molar-refractivity contribution in [3.63, 3.8) is 0 Å². The van der Waals surface area contributed by atoms with Crippen molar-refractivity contribution in [2.75, 3.05) is 0 Å². The molecule has 1 aliphatic rings. The molecule has 33 heavy (non-hydrogen) atoms. The van der Waals surface area contributed by atoms with Crippen molar-refractivity contribution >= 4 is 0 Å². The molecular weight excluding hydrogens is 503 g/mol. The van der Waals surface area contributed by atoms with Crippen molar-refractivity contribution in [1.82, 2.24) is 0 Å². The van der Waals surface area contributed by atoms with E-state index in [4.69, 9.17) is 0 Å². The van der Waals surface area contributed by atoms with Crippen LogP contribution in [0.5, 0.6) is 0 Å². The minimum atomic E-state index is -0.197. The van der Waals surface area contributed by atoms with Crippen LogP contribution in [-0.2, 0) is 32.3 Å². The van der Waals surface area contributed by atoms with Gasteiger partial charge >= 0.3 is 194 Å². The molecule has 0 nitrogen and oxygen atoms in total. The van der Waals surface area contributed by atoms with Gasteiger partial charge in [0.25, 0.3) is 0 Å². The maximum Gasteiger partial charge on any atom is -1.00 e. The normalized spacial score (nSPS) is 17.3. The van der Waals surface area contributed by atoms with Gasteiger partial charge in [-0.1, -0.05) is 0 Å². The van der Waals surface area contributed by atoms with E-state index in [0.29, 0.717) is 0 Å². The van der Waals surface area contributed by atoms with Crippen molar-refractivity contribution in [1.29, 1.82) is 0 Å². The summed E-state index contributed by atoms with van der Waals surface area (Å²) >= 11 is 2.41. The Morgan fingerprint density at radius 1 is 0.667 bits per heavy atom. The van der Waals surface area contributed by atoms with Crippen LogP contribution in [0.15, 0.2) is 115 Å². The minimum Gasteiger partial charge on any atom is -1.00 e. The van der Waals surface area contributed by atoms with Crippen molar-refractivity contribution in [2.24, 2.45) is 5.41 Å². The quantitative estimate of drug-likeness (QED) is 0.351. The molecule has 4 rings (SSSR count). The zero-order valence-electron chi connectivity index (χ0n) is 19.2. The SMILES string of the molecule is CC(C)(C)C(c1ccccc1)(c1ccccc1)[C]1([Ti+3])C=CC(Cc2ccccc2)=C1.[Cl-].[Cl-].[Cl-]. The first-order valence-electron chi connectivity index (χ1n) is 10.7. The third-order valence-electron chi connectivity index (χ3n) is 6.38. The monoisotopic (exact) mass is 530 g/mol. The molecule has 4 heteroatoms. The van der Waals surface area contributed by atoms with Crippen LogP contribution < -0.4 is 37.2 Å². The van der Waals surface area contributed by atoms with E-state index < -0.39 is 0 Å². The van der Waals surface area contributed by atoms with Crippen LogP contribution in [0.4, 0.5) is 0 Å². The second-order valence-corrected chi connectivity index (χ2v) is 10.6. The smallest absolute Gasteiger partial charge is 1.00 e. The summed E-state index contributed by atoms with van der Waals surface area (Å²) in [5, 5.41) is 0. The number of hydrogen-bond donors (Lipinski definition) is 0. The fourth-order valence-electron chi connectivity index (χ4n) is 5.31. The summed E-state index contributed by atoms with van der Waals surface area (Å²) < 4.78 is -0.141. The van der Waals surface area contributed by atoms with Crippen LogP contribution in [-0.4, -0.2) is 0 Å². The van der Waals surface area contributed by atoms with Crippen molar-refractivity contribution in [3.05, 3.63) is 131 Å². The summed E-state index contributed by atoms with van der Waals surface area (Å²) in [6, 6.07) is 32.9. The van der Waals surface area contributed by atoms with Crippen molar-refractivity contribution in [2.45, 2.75) is 36.3 Å². The Labute approximate surface area is 229 Å². The predicted octanol–water partition coefficient (Wildman–Crippen LogP) is -1.52. The van der Waals surface area contributed by atoms with Crippen LogP contribution in [0.1, 0.15) is 37.5 Å². The topological polar surface area (TPSA) is 0 Å². The van der Waals surface area contributed by atoms with Gasteiger partial charge in [-0.05, 0) is 0 Å². The van der Waals surface area contributed by atoms with Crippen LogP contribution >= 0.6 is 0 Å². The maximum atomic E-state index is 2.52. The fraction of sp³-hybridized carbons (Fsp3) is 0.241. The van der Waals surface area contributed by atoms with E-state index in [1.807, 2.05) is 0 Å². The molecule has 3 aromatic rings. The van der Waals surface area contributed by atoms with Gasteiger partial charge in [0.05, 0.1) is 0 Å². The molecule has 0 amide bonds. The van der Waals surface area contributed by atoms with Gasteiger partial charge in [-0.15, -0.1) is 0 Å². The van der Waals surface area contributed by atoms with Gasteiger partial charge in [0, 0.05) is 0 Å². The van der Waals surface area contributed by atoms with Gasteiger partial charge in [0.15, 0.2) is 0 Å². The molecule has 0 N–H and O–H groups in total. The summed E-state index contributed by atoms with van der Waals surface area (Å²) in [6.07, 6.45) is 8.28. The summed E-state index contributed by atoms with van der Waals surface area (Å²) in [5.41, 5.74) is 5.29. The van der Waals surface area contributed by atoms with E-state index in [1.54, 1.807) is 0 Å². The molecule has 1 atom stereocenters. The first-order valence-corrected chi connectivity index (χ1v) is 11.5. The number of allylic oxidation sites excluding steroid dienone is 4. The minimum absolute atomic E-state index is 0. The molecule has 170 valence electrons. The Morgan fingerprint density at radius 2 is 1.09 bits per heavy atom. The van der Waals surface area contributed by atoms with Gasteiger partial charge in [-0.25, -0.2) is 0 Å². The molecule has 3 aromatic carbocycles. The third kappa shape index (κ3) is 5.53. The van der Waals surface area contributed by atoms with E-state index in [0.717, 1.165) is 6.42 Å². The molecular formula is C29H29Cl3Ti. The maximum absolute atomic E-state index is 2.52. The second-order valence-electron chi connectivity index (χ2n) is 9.32. The summed E-state index contributed by atoms with van der Waals surface area (Å²) in [5.74, 6) is 0. The standard InChI is InChI=1S/C29H29.3ClH.Ti/c1-28(2,3)29(25-15-9-5-10-16-25,26-17-11-6-12-18-26)27-20-19-24(22-27)21-23-13-7-4-8-14-23;;;;/h4-20,22H,21H2,1-3H3;3*1H;/q;;;;+3/p-3. The second kappa shape index (κ2) is 11.9. The van der Waals surface area contributed by atoms with Gasteiger partial charge in [-0.2, -0.15) is 0 Å². The number of rotatable bonds is 5. The van der Waals surface area contributed by atoms with E-state index >= 15 is 0 Å². The molecule has 1 unspecified atom stereocenters. The van der Waals surface area contributed by atoms with E-state index in [1.165, 1.54) is 22.3 Å². The van der Waals surface area contributed by atoms with Gasteiger partial charge < -0.3 is 37.2 Å². The number of benzene rings is 3. The number of halogens is 3. The van der Waals surface area contributed by atoms with E-state index in [-0.39, 0.29) is 51.8 Å². The Morgan fingerprint density at radius 3 is 1.52 bits per heavy atom. The molecule has 0 heterocycles. The molecule has 0 saturated heterocycles. The zero-order valence-corrected chi connectivity index (χ0v) is 23.1. The first-order chi connectivity index (χ1) is 14.4. The Bertz CT molecular complexity index is 1010. The molecule has 0 aliphatic heterocycles. The average molecular weight is 532 g/mol. The van der Waals surface area contributed by atoms with E-state index in [9.17, 15) is 0 Å². The third-order valence-corrected chi connectivity index (χ3v) is 7.45. The fourth-order valence-corrected chi connectivity index (χ4v) is 6.77. The molecule has 0 aromatic heterocycles. The predicted molar refractivity (Wildman–Crippen MR) is 123 cm³/mol. The molecule has 1 aliphatic carbocycles. The number of hydrogen-bond acceptors (Lipinski definition) is 0. The summed E-state index contributed by atoms with van der Waals surface area (Å²) in [6.45, 7) is 7.15. The summed E-state index contributed by atoms with van der Waals surface area (Å²) in [4.78, 5) is 0.